The summed E-state index contributed by atoms with van der Waals surface area (Å²) in [5, 5.41) is 6.47. The van der Waals surface area contributed by atoms with Gasteiger partial charge in [-0.1, -0.05) is 49.2 Å². The maximum atomic E-state index is 13.5. The minimum Gasteiger partial charge on any atom is -0.493 e. The second-order valence-corrected chi connectivity index (χ2v) is 11.5. The zero-order valence-corrected chi connectivity index (χ0v) is 24.9. The van der Waals surface area contributed by atoms with Gasteiger partial charge in [0.2, 0.25) is 11.8 Å². The van der Waals surface area contributed by atoms with E-state index in [1.54, 1.807) is 14.2 Å². The third kappa shape index (κ3) is 6.95. The van der Waals surface area contributed by atoms with E-state index < -0.39 is 6.04 Å². The minimum atomic E-state index is -0.663. The van der Waals surface area contributed by atoms with Crippen molar-refractivity contribution in [3.63, 3.8) is 0 Å². The number of carbonyl (C=O) groups is 3. The van der Waals surface area contributed by atoms with Crippen LogP contribution in [0.1, 0.15) is 56.1 Å². The fourth-order valence-corrected chi connectivity index (χ4v) is 6.30. The van der Waals surface area contributed by atoms with Crippen molar-refractivity contribution in [2.24, 2.45) is 9.98 Å². The Bertz CT molecular complexity index is 1390. The second kappa shape index (κ2) is 13.9. The predicted molar refractivity (Wildman–Crippen MR) is 164 cm³/mol. The molecule has 1 fully saturated rings. The number of nitrogens with one attached hydrogen (secondary N) is 2. The number of methoxy groups -OCH3 is 2. The van der Waals surface area contributed by atoms with Crippen LogP contribution in [0.4, 0.5) is 5.69 Å². The van der Waals surface area contributed by atoms with Crippen LogP contribution >= 0.6 is 11.8 Å². The molecule has 2 heterocycles. The molecule has 5 rings (SSSR count). The average Bonchev–Trinajstić information content (AvgIpc) is 3.35. The number of benzene rings is 2. The number of thioether (sulfide) groups is 1. The van der Waals surface area contributed by atoms with E-state index in [2.05, 4.69) is 10.6 Å². The molecule has 2 aliphatic heterocycles. The van der Waals surface area contributed by atoms with Crippen molar-refractivity contribution in [3.8, 4) is 11.5 Å². The molecule has 1 atom stereocenters. The molecule has 2 aromatic rings. The fourth-order valence-electron chi connectivity index (χ4n) is 5.47. The largest absolute Gasteiger partial charge is 0.493 e. The number of aliphatic imine (C=N–C) groups is 2. The summed E-state index contributed by atoms with van der Waals surface area (Å²) >= 11 is 1.20. The van der Waals surface area contributed by atoms with Crippen molar-refractivity contribution in [3.05, 3.63) is 53.6 Å². The Labute approximate surface area is 250 Å². The Hall–Kier alpha value is -3.86. The van der Waals surface area contributed by atoms with Crippen LogP contribution in [0.2, 0.25) is 0 Å². The van der Waals surface area contributed by atoms with Crippen LogP contribution in [0.5, 0.6) is 11.5 Å². The number of para-hydroxylation sites is 1. The lowest BCUT2D eigenvalue weighted by atomic mass is 9.95. The van der Waals surface area contributed by atoms with Crippen molar-refractivity contribution >= 4 is 46.2 Å². The van der Waals surface area contributed by atoms with Crippen LogP contribution in [0.25, 0.3) is 0 Å². The van der Waals surface area contributed by atoms with Crippen LogP contribution in [0.15, 0.2) is 52.4 Å². The van der Waals surface area contributed by atoms with Gasteiger partial charge in [-0.15, -0.1) is 0 Å². The number of amides is 3. The summed E-state index contributed by atoms with van der Waals surface area (Å²) < 4.78 is 10.6. The highest BCUT2D eigenvalue weighted by atomic mass is 32.2. The lowest BCUT2D eigenvalue weighted by molar-refractivity contribution is -0.125. The van der Waals surface area contributed by atoms with Gasteiger partial charge in [0.15, 0.2) is 16.7 Å². The molecule has 42 heavy (non-hydrogen) atoms. The molecule has 1 saturated carbocycles. The third-order valence-corrected chi connectivity index (χ3v) is 8.62. The van der Waals surface area contributed by atoms with Gasteiger partial charge in [-0.3, -0.25) is 19.4 Å². The normalized spacial score (nSPS) is 18.0. The number of hydrogen-bond acceptors (Lipinski definition) is 8. The lowest BCUT2D eigenvalue weighted by Gasteiger charge is -2.25. The molecule has 3 amide bonds. The number of hydrogen-bond donors (Lipinski definition) is 2. The molecule has 2 aromatic carbocycles. The number of rotatable bonds is 11. The van der Waals surface area contributed by atoms with Gasteiger partial charge in [0.05, 0.1) is 25.7 Å². The number of carbonyl (C=O) groups excluding carboxylic acids is 3. The van der Waals surface area contributed by atoms with Gasteiger partial charge in [-0.25, -0.2) is 9.89 Å². The summed E-state index contributed by atoms with van der Waals surface area (Å²) in [6.07, 6.45) is 6.73. The lowest BCUT2D eigenvalue weighted by Crippen LogP contribution is -2.42. The van der Waals surface area contributed by atoms with Gasteiger partial charge in [0.25, 0.3) is 5.91 Å². The Balaban J connectivity index is 1.17. The van der Waals surface area contributed by atoms with Crippen LogP contribution in [0.3, 0.4) is 0 Å². The molecule has 0 aromatic heterocycles. The van der Waals surface area contributed by atoms with Crippen molar-refractivity contribution in [1.29, 1.82) is 0 Å². The van der Waals surface area contributed by atoms with Crippen LogP contribution < -0.4 is 20.1 Å². The maximum absolute atomic E-state index is 13.5. The predicted octanol–water partition coefficient (Wildman–Crippen LogP) is 3.98. The van der Waals surface area contributed by atoms with Gasteiger partial charge < -0.3 is 20.1 Å². The first-order chi connectivity index (χ1) is 20.5. The van der Waals surface area contributed by atoms with E-state index in [9.17, 15) is 14.4 Å². The molecule has 11 heteroatoms. The van der Waals surface area contributed by atoms with Crippen LogP contribution in [-0.4, -0.2) is 72.2 Å². The molecule has 0 spiro atoms. The van der Waals surface area contributed by atoms with Gasteiger partial charge >= 0.3 is 0 Å². The molecule has 0 bridgehead atoms. The Morgan fingerprint density at radius 1 is 1.02 bits per heavy atom. The van der Waals surface area contributed by atoms with E-state index in [1.165, 1.54) is 23.1 Å². The molecule has 0 saturated heterocycles. The molecule has 0 unspecified atom stereocenters. The molecule has 222 valence electrons. The van der Waals surface area contributed by atoms with Gasteiger partial charge in [-0.2, -0.15) is 0 Å². The Morgan fingerprint density at radius 3 is 2.60 bits per heavy atom. The molecule has 0 radical (unpaired) electrons. The third-order valence-electron chi connectivity index (χ3n) is 7.68. The topological polar surface area (TPSA) is 122 Å². The molecular formula is C31H37N5O5S. The van der Waals surface area contributed by atoms with Crippen molar-refractivity contribution in [2.75, 3.05) is 26.5 Å². The van der Waals surface area contributed by atoms with Gasteiger partial charge in [-0.05, 0) is 55.5 Å². The summed E-state index contributed by atoms with van der Waals surface area (Å²) in [5.74, 6) is 1.50. The minimum absolute atomic E-state index is 0.0341. The van der Waals surface area contributed by atoms with E-state index in [0.29, 0.717) is 47.6 Å². The van der Waals surface area contributed by atoms with Gasteiger partial charge in [0, 0.05) is 24.6 Å². The number of amidine groups is 2. The first kappa shape index (κ1) is 29.6. The van der Waals surface area contributed by atoms with Crippen LogP contribution in [-0.2, 0) is 20.8 Å². The molecule has 10 nitrogen and oxygen atoms in total. The van der Waals surface area contributed by atoms with E-state index in [4.69, 9.17) is 19.5 Å². The highest BCUT2D eigenvalue weighted by molar-refractivity contribution is 8.14. The summed E-state index contributed by atoms with van der Waals surface area (Å²) in [5.41, 5.74) is 2.48. The smallest absolute Gasteiger partial charge is 0.259 e. The first-order valence-electron chi connectivity index (χ1n) is 14.5. The molecule has 3 aliphatic rings. The maximum Gasteiger partial charge on any atom is 0.259 e. The van der Waals surface area contributed by atoms with E-state index in [1.807, 2.05) is 42.5 Å². The summed E-state index contributed by atoms with van der Waals surface area (Å²) in [6, 6.07) is 12.8. The zero-order valence-electron chi connectivity index (χ0n) is 24.1. The fraction of sp³-hybridized carbons (Fsp3) is 0.452. The first-order valence-corrected chi connectivity index (χ1v) is 15.4. The highest BCUT2D eigenvalue weighted by Crippen LogP contribution is 2.34. The summed E-state index contributed by atoms with van der Waals surface area (Å²) in [4.78, 5) is 49.8. The standard InChI is InChI=1S/C31H37N5O5S/c1-40-25-14-12-20(18-26(25)41-2)16-17-32-28(38)19-42-31-35-23-11-7-6-10-22(23)29-34-24(30(39)36(29)31)13-15-27(37)33-21-8-4-3-5-9-21/h6-7,10-12,14,18,21,24H,3-5,8-9,13,15-17,19H2,1-2H3,(H,32,38)(H,33,37)/t24-/m0/s1. The van der Waals surface area contributed by atoms with Crippen molar-refractivity contribution in [1.82, 2.24) is 15.5 Å². The summed E-state index contributed by atoms with van der Waals surface area (Å²) in [6.45, 7) is 0.449. The molecular weight excluding hydrogens is 554 g/mol. The van der Waals surface area contributed by atoms with Crippen molar-refractivity contribution in [2.45, 2.75) is 63.5 Å². The molecule has 2 N–H and O–H groups in total. The zero-order chi connectivity index (χ0) is 29.5. The average molecular weight is 592 g/mol. The highest BCUT2D eigenvalue weighted by Gasteiger charge is 2.41. The van der Waals surface area contributed by atoms with E-state index >= 15 is 0 Å². The monoisotopic (exact) mass is 591 g/mol. The van der Waals surface area contributed by atoms with E-state index in [0.717, 1.165) is 36.8 Å². The second-order valence-electron chi connectivity index (χ2n) is 10.6. The number of fused-ring (bicyclic) bond motifs is 3. The quantitative estimate of drug-likeness (QED) is 0.408. The number of nitrogens with zero attached hydrogens (tertiary/aromatic N) is 3. The van der Waals surface area contributed by atoms with Gasteiger partial charge in [0.1, 0.15) is 11.9 Å². The Morgan fingerprint density at radius 2 is 1.81 bits per heavy atom. The summed E-state index contributed by atoms with van der Waals surface area (Å²) in [7, 11) is 3.18. The SMILES string of the molecule is COc1ccc(CCNC(=O)CSC2=Nc3ccccc3C3=N[C@@H](CCC(=O)NC4CCCCC4)C(=O)N23)cc1OC. The molecule has 1 aliphatic carbocycles. The number of ether oxygens (including phenoxy) is 2. The Kier molecular flexibility index (Phi) is 9.78. The van der Waals surface area contributed by atoms with Crippen molar-refractivity contribution < 1.29 is 23.9 Å². The van der Waals surface area contributed by atoms with Crippen LogP contribution in [0, 0.1) is 0 Å². The van der Waals surface area contributed by atoms with E-state index in [-0.39, 0.29) is 35.9 Å².